The Hall–Kier alpha value is -1.86. The van der Waals surface area contributed by atoms with E-state index >= 15 is 0 Å². The van der Waals surface area contributed by atoms with Crippen LogP contribution in [0.5, 0.6) is 0 Å². The van der Waals surface area contributed by atoms with Crippen LogP contribution < -0.4 is 16.0 Å². The zero-order valence-corrected chi connectivity index (χ0v) is 18.9. The second-order valence-corrected chi connectivity index (χ2v) is 9.03. The van der Waals surface area contributed by atoms with Crippen LogP contribution in [-0.2, 0) is 9.53 Å². The number of ether oxygens (including phenoxy) is 1. The van der Waals surface area contributed by atoms with Crippen molar-refractivity contribution in [3.63, 3.8) is 0 Å². The van der Waals surface area contributed by atoms with Crippen LogP contribution in [-0.4, -0.2) is 43.7 Å². The van der Waals surface area contributed by atoms with Crippen LogP contribution in [0.2, 0.25) is 10.0 Å². The zero-order valence-electron chi connectivity index (χ0n) is 17.4. The lowest BCUT2D eigenvalue weighted by atomic mass is 9.99. The molecule has 3 heterocycles. The predicted molar refractivity (Wildman–Crippen MR) is 126 cm³/mol. The molecule has 0 spiro atoms. The van der Waals surface area contributed by atoms with Gasteiger partial charge in [0.1, 0.15) is 5.82 Å². The first-order chi connectivity index (χ1) is 15.1. The van der Waals surface area contributed by atoms with Crippen molar-refractivity contribution in [1.29, 1.82) is 0 Å². The lowest BCUT2D eigenvalue weighted by Crippen LogP contribution is -2.37. The topological polar surface area (TPSA) is 75.3 Å². The van der Waals surface area contributed by atoms with Crippen molar-refractivity contribution in [2.75, 3.05) is 43.5 Å². The first-order valence-electron chi connectivity index (χ1n) is 10.9. The molecule has 8 heteroatoms. The number of aromatic nitrogens is 1. The molecule has 0 saturated carbocycles. The summed E-state index contributed by atoms with van der Waals surface area (Å²) >= 11 is 12.9. The Kier molecular flexibility index (Phi) is 7.67. The average Bonchev–Trinajstić information content (AvgIpc) is 2.81. The predicted octanol–water partition coefficient (Wildman–Crippen LogP) is 4.83. The summed E-state index contributed by atoms with van der Waals surface area (Å²) in [4.78, 5) is 16.9. The minimum Gasteiger partial charge on any atom is -0.384 e. The molecule has 6 nitrogen and oxygen atoms in total. The second-order valence-electron chi connectivity index (χ2n) is 8.21. The molecule has 2 aliphatic heterocycles. The van der Waals surface area contributed by atoms with Gasteiger partial charge in [0.15, 0.2) is 0 Å². The van der Waals surface area contributed by atoms with Crippen molar-refractivity contribution in [2.45, 2.75) is 25.7 Å². The molecule has 0 bridgehead atoms. The third-order valence-corrected chi connectivity index (χ3v) is 6.60. The van der Waals surface area contributed by atoms with E-state index in [-0.39, 0.29) is 11.8 Å². The smallest absolute Gasteiger partial charge is 0.229 e. The molecule has 1 aromatic carbocycles. The van der Waals surface area contributed by atoms with E-state index in [4.69, 9.17) is 27.9 Å². The van der Waals surface area contributed by atoms with E-state index in [0.29, 0.717) is 28.3 Å². The molecule has 2 aromatic rings. The molecule has 2 fully saturated rings. The highest BCUT2D eigenvalue weighted by Crippen LogP contribution is 2.34. The number of carbonyl (C=O) groups is 1. The number of carbonyl (C=O) groups excluding carboxylic acids is 1. The van der Waals surface area contributed by atoms with E-state index in [1.54, 1.807) is 6.20 Å². The highest BCUT2D eigenvalue weighted by molar-refractivity contribution is 6.34. The number of hydrogen-bond donors (Lipinski definition) is 3. The fourth-order valence-electron chi connectivity index (χ4n) is 4.07. The van der Waals surface area contributed by atoms with Crippen molar-refractivity contribution < 1.29 is 9.53 Å². The van der Waals surface area contributed by atoms with E-state index < -0.39 is 0 Å². The summed E-state index contributed by atoms with van der Waals surface area (Å²) in [6.07, 6.45) is 5.58. The molecule has 1 aromatic heterocycles. The lowest BCUT2D eigenvalue weighted by Gasteiger charge is -2.23. The standard InChI is InChI=1S/C23H28Cl2N4O2/c24-19-4-3-16(10-21(19)27-12-15-5-8-31-9-6-15)18-11-22(28-14-20(18)25)29-23(30)17-2-1-7-26-13-17/h3-4,10-11,14-15,17,26-27H,1-2,5-9,12-13H2,(H,28,29,30). The molecular weight excluding hydrogens is 435 g/mol. The monoisotopic (exact) mass is 462 g/mol. The van der Waals surface area contributed by atoms with Crippen LogP contribution in [0.15, 0.2) is 30.5 Å². The molecule has 2 aliphatic rings. The van der Waals surface area contributed by atoms with Gasteiger partial charge < -0.3 is 20.7 Å². The number of nitrogens with zero attached hydrogens (tertiary/aromatic N) is 1. The maximum absolute atomic E-state index is 12.6. The fraction of sp³-hybridized carbons (Fsp3) is 0.478. The van der Waals surface area contributed by atoms with Gasteiger partial charge >= 0.3 is 0 Å². The molecule has 0 aliphatic carbocycles. The highest BCUT2D eigenvalue weighted by Gasteiger charge is 2.21. The Balaban J connectivity index is 1.48. The van der Waals surface area contributed by atoms with E-state index in [1.165, 1.54) is 0 Å². The number of benzene rings is 1. The van der Waals surface area contributed by atoms with Gasteiger partial charge in [-0.15, -0.1) is 0 Å². The van der Waals surface area contributed by atoms with Crippen LogP contribution in [0.4, 0.5) is 11.5 Å². The van der Waals surface area contributed by atoms with Gasteiger partial charge in [-0.2, -0.15) is 0 Å². The molecule has 1 atom stereocenters. The second kappa shape index (κ2) is 10.6. The average molecular weight is 463 g/mol. The van der Waals surface area contributed by atoms with E-state index in [0.717, 1.165) is 68.8 Å². The normalized spacial score (nSPS) is 19.7. The number of halogens is 2. The Morgan fingerprint density at radius 1 is 1.16 bits per heavy atom. The van der Waals surface area contributed by atoms with E-state index in [1.807, 2.05) is 24.3 Å². The van der Waals surface area contributed by atoms with Gasteiger partial charge in [0, 0.05) is 38.1 Å². The van der Waals surface area contributed by atoms with Gasteiger partial charge in [-0.05, 0) is 61.9 Å². The first kappa shape index (κ1) is 22.3. The van der Waals surface area contributed by atoms with Crippen LogP contribution in [0.3, 0.4) is 0 Å². The number of rotatable bonds is 6. The van der Waals surface area contributed by atoms with Gasteiger partial charge in [0.25, 0.3) is 0 Å². The van der Waals surface area contributed by atoms with Gasteiger partial charge in [-0.25, -0.2) is 4.98 Å². The fourth-order valence-corrected chi connectivity index (χ4v) is 4.46. The molecule has 2 saturated heterocycles. The van der Waals surface area contributed by atoms with Gasteiger partial charge in [0.05, 0.1) is 21.7 Å². The van der Waals surface area contributed by atoms with Crippen molar-refractivity contribution in [3.8, 4) is 11.1 Å². The van der Waals surface area contributed by atoms with E-state index in [2.05, 4.69) is 20.9 Å². The minimum absolute atomic E-state index is 0.0112. The summed E-state index contributed by atoms with van der Waals surface area (Å²) in [5.41, 5.74) is 2.60. The third kappa shape index (κ3) is 5.89. The van der Waals surface area contributed by atoms with Crippen molar-refractivity contribution in [3.05, 3.63) is 40.5 Å². The van der Waals surface area contributed by atoms with Crippen molar-refractivity contribution in [1.82, 2.24) is 10.3 Å². The van der Waals surface area contributed by atoms with Crippen LogP contribution in [0.1, 0.15) is 25.7 Å². The minimum atomic E-state index is -0.0359. The first-order valence-corrected chi connectivity index (χ1v) is 11.6. The summed E-state index contributed by atoms with van der Waals surface area (Å²) < 4.78 is 5.44. The van der Waals surface area contributed by atoms with Crippen molar-refractivity contribution in [2.24, 2.45) is 11.8 Å². The number of anilines is 2. The Morgan fingerprint density at radius 3 is 2.77 bits per heavy atom. The number of amides is 1. The van der Waals surface area contributed by atoms with Gasteiger partial charge in [0.2, 0.25) is 5.91 Å². The van der Waals surface area contributed by atoms with Gasteiger partial charge in [-0.3, -0.25) is 4.79 Å². The molecule has 166 valence electrons. The lowest BCUT2D eigenvalue weighted by molar-refractivity contribution is -0.120. The maximum Gasteiger partial charge on any atom is 0.229 e. The Labute approximate surface area is 193 Å². The summed E-state index contributed by atoms with van der Waals surface area (Å²) in [5.74, 6) is 1.03. The number of nitrogens with one attached hydrogen (secondary N) is 3. The van der Waals surface area contributed by atoms with Crippen LogP contribution in [0, 0.1) is 11.8 Å². The summed E-state index contributed by atoms with van der Waals surface area (Å²) in [6, 6.07) is 7.62. The molecule has 1 amide bonds. The summed E-state index contributed by atoms with van der Waals surface area (Å²) in [5, 5.41) is 10.9. The Morgan fingerprint density at radius 2 is 2.00 bits per heavy atom. The number of hydrogen-bond acceptors (Lipinski definition) is 5. The molecule has 0 radical (unpaired) electrons. The molecule has 1 unspecified atom stereocenters. The summed E-state index contributed by atoms with van der Waals surface area (Å²) in [6.45, 7) is 4.16. The van der Waals surface area contributed by atoms with E-state index in [9.17, 15) is 4.79 Å². The maximum atomic E-state index is 12.6. The van der Waals surface area contributed by atoms with Crippen LogP contribution >= 0.6 is 23.2 Å². The number of pyridine rings is 1. The SMILES string of the molecule is O=C(Nc1cc(-c2ccc(Cl)c(NCC3CCOCC3)c2)c(Cl)cn1)C1CCCNC1. The zero-order chi connectivity index (χ0) is 21.6. The van der Waals surface area contributed by atoms with Gasteiger partial charge in [-0.1, -0.05) is 29.3 Å². The summed E-state index contributed by atoms with van der Waals surface area (Å²) in [7, 11) is 0. The quantitative estimate of drug-likeness (QED) is 0.572. The largest absolute Gasteiger partial charge is 0.384 e. The molecule has 31 heavy (non-hydrogen) atoms. The molecular formula is C23H28Cl2N4O2. The molecule has 3 N–H and O–H groups in total. The Bertz CT molecular complexity index is 912. The highest BCUT2D eigenvalue weighted by atomic mass is 35.5. The van der Waals surface area contributed by atoms with Crippen LogP contribution in [0.25, 0.3) is 11.1 Å². The molecule has 4 rings (SSSR count). The third-order valence-electron chi connectivity index (χ3n) is 5.97. The number of piperidine rings is 1. The van der Waals surface area contributed by atoms with Crippen molar-refractivity contribution >= 4 is 40.6 Å².